The van der Waals surface area contributed by atoms with Crippen molar-refractivity contribution in [2.24, 2.45) is 4.99 Å². The van der Waals surface area contributed by atoms with Crippen molar-refractivity contribution in [1.29, 1.82) is 0 Å². The number of benzene rings is 4. The van der Waals surface area contributed by atoms with E-state index in [0.717, 1.165) is 22.4 Å². The first-order valence-corrected chi connectivity index (χ1v) is 12.8. The van der Waals surface area contributed by atoms with Gasteiger partial charge < -0.3 is 14.8 Å². The number of hydrogen-bond donors (Lipinski definition) is 1. The second-order valence-corrected chi connectivity index (χ2v) is 10.2. The molecular weight excluding hydrogens is 659 g/mol. The average Bonchev–Trinajstić information content (AvgIpc) is 3.30. The molecule has 4 nitrogen and oxygen atoms in total. The van der Waals surface area contributed by atoms with E-state index in [2.05, 4.69) is 59.6 Å². The molecule has 5 aromatic rings. The van der Waals surface area contributed by atoms with Gasteiger partial charge in [0.25, 0.3) is 0 Å². The van der Waals surface area contributed by atoms with Crippen LogP contribution in [0.15, 0.2) is 102 Å². The zero-order chi connectivity index (χ0) is 24.1. The van der Waals surface area contributed by atoms with Gasteiger partial charge in [-0.3, -0.25) is 0 Å². The van der Waals surface area contributed by atoms with Crippen LogP contribution in [0.3, 0.4) is 0 Å². The Bertz CT molecular complexity index is 1670. The van der Waals surface area contributed by atoms with Gasteiger partial charge in [0, 0.05) is 43.3 Å². The molecular formula is C31H21N2O2PtS-. The molecule has 0 fully saturated rings. The Morgan fingerprint density at radius 2 is 1.57 bits per heavy atom. The summed E-state index contributed by atoms with van der Waals surface area (Å²) in [6, 6.07) is 35.7. The number of aromatic nitrogens is 1. The van der Waals surface area contributed by atoms with E-state index in [9.17, 15) is 5.11 Å². The average molecular weight is 681 g/mol. The number of phenolic OH excluding ortho intramolecular Hbond substituents is 1. The summed E-state index contributed by atoms with van der Waals surface area (Å²) in [6.45, 7) is 0. The van der Waals surface area contributed by atoms with Crippen molar-refractivity contribution in [1.82, 2.24) is 4.98 Å². The third kappa shape index (κ3) is 4.37. The van der Waals surface area contributed by atoms with Crippen LogP contribution < -0.4 is 4.74 Å². The van der Waals surface area contributed by atoms with E-state index >= 15 is 0 Å². The van der Waals surface area contributed by atoms with Crippen molar-refractivity contribution in [3.05, 3.63) is 131 Å². The number of thioether (sulfide) groups is 1. The van der Waals surface area contributed by atoms with Crippen molar-refractivity contribution in [3.8, 4) is 17.4 Å². The topological polar surface area (TPSA) is 54.7 Å². The van der Waals surface area contributed by atoms with Gasteiger partial charge in [-0.05, 0) is 40.8 Å². The molecule has 1 aromatic heterocycles. The molecule has 4 aromatic carbocycles. The Morgan fingerprint density at radius 1 is 0.811 bits per heavy atom. The molecule has 0 radical (unpaired) electrons. The number of para-hydroxylation sites is 1. The zero-order valence-electron chi connectivity index (χ0n) is 19.6. The largest absolute Gasteiger partial charge is 0.506 e. The van der Waals surface area contributed by atoms with E-state index in [4.69, 9.17) is 9.73 Å². The second-order valence-electron chi connectivity index (χ2n) is 9.02. The molecule has 0 saturated heterocycles. The number of ether oxygens (including phenoxy) is 1. The molecule has 7 rings (SSSR count). The van der Waals surface area contributed by atoms with E-state index < -0.39 is 0 Å². The van der Waals surface area contributed by atoms with Crippen molar-refractivity contribution < 1.29 is 30.9 Å². The van der Waals surface area contributed by atoms with Crippen LogP contribution in [0, 0.1) is 6.07 Å². The fraction of sp³-hybridized carbons (Fsp3) is 0.0968. The van der Waals surface area contributed by atoms with Crippen LogP contribution >= 0.6 is 11.8 Å². The molecule has 6 heteroatoms. The molecule has 0 bridgehead atoms. The summed E-state index contributed by atoms with van der Waals surface area (Å²) in [6.07, 6.45) is 0.939. The van der Waals surface area contributed by atoms with Crippen LogP contribution in [0.5, 0.6) is 17.4 Å². The number of pyridine rings is 1. The van der Waals surface area contributed by atoms with Gasteiger partial charge in [0.05, 0.1) is 11.3 Å². The SMILES string of the molecule is Oc1cccc2ccc(Oc3[c-]c(C4=N[C@H]5c6ccccc6Cc6ccccc6[C@H]5S4)ccc3)nc12.[Pt]. The van der Waals surface area contributed by atoms with Gasteiger partial charge in [0.2, 0.25) is 5.88 Å². The molecule has 184 valence electrons. The third-order valence-corrected chi connectivity index (χ3v) is 8.10. The van der Waals surface area contributed by atoms with E-state index in [1.165, 1.54) is 22.3 Å². The number of hydrogen-bond acceptors (Lipinski definition) is 5. The molecule has 1 N–H and O–H groups in total. The van der Waals surface area contributed by atoms with E-state index in [1.54, 1.807) is 30.0 Å². The minimum atomic E-state index is 0. The normalized spacial score (nSPS) is 17.6. The Morgan fingerprint density at radius 3 is 2.43 bits per heavy atom. The third-order valence-electron chi connectivity index (χ3n) is 6.78. The summed E-state index contributed by atoms with van der Waals surface area (Å²) < 4.78 is 6.05. The molecule has 0 spiro atoms. The first-order valence-electron chi connectivity index (χ1n) is 11.9. The van der Waals surface area contributed by atoms with Crippen LogP contribution in [-0.2, 0) is 27.5 Å². The Kier molecular flexibility index (Phi) is 6.35. The van der Waals surface area contributed by atoms with Gasteiger partial charge in [-0.2, -0.15) is 0 Å². The molecule has 2 aliphatic rings. The van der Waals surface area contributed by atoms with E-state index in [0.29, 0.717) is 17.1 Å². The maximum absolute atomic E-state index is 10.2. The molecule has 1 aliphatic carbocycles. The summed E-state index contributed by atoms with van der Waals surface area (Å²) >= 11 is 1.80. The standard InChI is InChI=1S/C31H21N2O2S.Pt/c34-26-14-6-9-19-15-16-27(32-28(19)26)35-23-11-5-10-22(18-23)31-33-29-24-12-3-1-7-20(24)17-21-8-2-4-13-25(21)30(29)36-31;/h1-16,29-30,34H,17H2;/q-1;/t29-,30+;/m0./s1. The number of nitrogens with zero attached hydrogens (tertiary/aromatic N) is 2. The smallest absolute Gasteiger partial charge is 0.217 e. The monoisotopic (exact) mass is 680 g/mol. The van der Waals surface area contributed by atoms with Crippen molar-refractivity contribution >= 4 is 27.7 Å². The maximum Gasteiger partial charge on any atom is 0.217 e. The molecule has 0 amide bonds. The molecule has 37 heavy (non-hydrogen) atoms. The molecule has 0 unspecified atom stereocenters. The molecule has 2 atom stereocenters. The minimum Gasteiger partial charge on any atom is -0.506 e. The van der Waals surface area contributed by atoms with Crippen molar-refractivity contribution in [2.45, 2.75) is 17.7 Å². The fourth-order valence-corrected chi connectivity index (χ4v) is 6.44. The minimum absolute atomic E-state index is 0. The van der Waals surface area contributed by atoms with Gasteiger partial charge in [0.1, 0.15) is 11.3 Å². The zero-order valence-corrected chi connectivity index (χ0v) is 22.7. The Balaban J connectivity index is 0.00000252. The van der Waals surface area contributed by atoms with Crippen molar-refractivity contribution in [2.75, 3.05) is 0 Å². The fourth-order valence-electron chi connectivity index (χ4n) is 5.09. The number of phenols is 1. The summed E-state index contributed by atoms with van der Waals surface area (Å²) in [5, 5.41) is 12.2. The molecule has 2 heterocycles. The Hall–Kier alpha value is -3.40. The van der Waals surface area contributed by atoms with Gasteiger partial charge in [0.15, 0.2) is 0 Å². The molecule has 1 aliphatic heterocycles. The number of aromatic hydroxyl groups is 1. The predicted octanol–water partition coefficient (Wildman–Crippen LogP) is 7.41. The summed E-state index contributed by atoms with van der Waals surface area (Å²) in [7, 11) is 0. The molecule has 0 saturated carbocycles. The summed E-state index contributed by atoms with van der Waals surface area (Å²) in [4.78, 5) is 9.71. The quantitative estimate of drug-likeness (QED) is 0.202. The summed E-state index contributed by atoms with van der Waals surface area (Å²) in [5.74, 6) is 1.10. The van der Waals surface area contributed by atoms with E-state index in [1.807, 2.05) is 30.3 Å². The van der Waals surface area contributed by atoms with Crippen LogP contribution in [0.1, 0.15) is 39.1 Å². The number of fused-ring (bicyclic) bond motifs is 6. The number of aliphatic imine (C=N–C) groups is 1. The van der Waals surface area contributed by atoms with Gasteiger partial charge in [-0.15, -0.1) is 35.5 Å². The van der Waals surface area contributed by atoms with Crippen LogP contribution in [-0.4, -0.2) is 15.1 Å². The van der Waals surface area contributed by atoms with Gasteiger partial charge >= 0.3 is 0 Å². The summed E-state index contributed by atoms with van der Waals surface area (Å²) in [5.41, 5.74) is 6.79. The van der Waals surface area contributed by atoms with Gasteiger partial charge in [-0.1, -0.05) is 66.7 Å². The Labute approximate surface area is 233 Å². The first kappa shape index (κ1) is 24.0. The first-order chi connectivity index (χ1) is 17.7. The van der Waals surface area contributed by atoms with Crippen molar-refractivity contribution in [3.63, 3.8) is 0 Å². The predicted molar refractivity (Wildman–Crippen MR) is 144 cm³/mol. The maximum atomic E-state index is 10.2. The van der Waals surface area contributed by atoms with Crippen LogP contribution in [0.4, 0.5) is 0 Å². The second kappa shape index (κ2) is 9.81. The van der Waals surface area contributed by atoms with E-state index in [-0.39, 0.29) is 38.1 Å². The van der Waals surface area contributed by atoms with Crippen LogP contribution in [0.2, 0.25) is 0 Å². The van der Waals surface area contributed by atoms with Gasteiger partial charge in [-0.25, -0.2) is 4.98 Å². The number of rotatable bonds is 3. The van der Waals surface area contributed by atoms with Crippen LogP contribution in [0.25, 0.3) is 10.9 Å².